The van der Waals surface area contributed by atoms with Crippen LogP contribution in [-0.4, -0.2) is 75.3 Å². The summed E-state index contributed by atoms with van der Waals surface area (Å²) in [7, 11) is 1.74. The molecule has 2 aliphatic heterocycles. The quantitative estimate of drug-likeness (QED) is 0.572. The van der Waals surface area contributed by atoms with Crippen molar-refractivity contribution in [2.75, 3.05) is 37.0 Å². The fraction of sp³-hybridized carbons (Fsp3) is 0.600. The number of aromatic nitrogens is 5. The van der Waals surface area contributed by atoms with E-state index in [1.165, 1.54) is 5.56 Å². The van der Waals surface area contributed by atoms with Gasteiger partial charge in [0.1, 0.15) is 23.8 Å². The molecule has 3 aromatic rings. The highest BCUT2D eigenvalue weighted by Crippen LogP contribution is 2.47. The van der Waals surface area contributed by atoms with Gasteiger partial charge >= 0.3 is 0 Å². The summed E-state index contributed by atoms with van der Waals surface area (Å²) in [5.41, 5.74) is 2.76. The number of pyridine rings is 1. The van der Waals surface area contributed by atoms with Gasteiger partial charge in [-0.1, -0.05) is 6.07 Å². The highest BCUT2D eigenvalue weighted by atomic mass is 16.8. The maximum absolute atomic E-state index is 6.34. The van der Waals surface area contributed by atoms with Gasteiger partial charge in [-0.15, -0.1) is 0 Å². The number of methoxy groups -OCH3 is 1. The van der Waals surface area contributed by atoms with Crippen LogP contribution in [0.5, 0.6) is 0 Å². The first-order valence-electron chi connectivity index (χ1n) is 12.4. The molecule has 6 rings (SSSR count). The lowest BCUT2D eigenvalue weighted by Crippen LogP contribution is -2.28. The Morgan fingerprint density at radius 1 is 1.14 bits per heavy atom. The number of rotatable bonds is 6. The minimum Gasteiger partial charge on any atom is -0.384 e. The number of hydrogen-bond acceptors (Lipinski definition) is 9. The zero-order valence-electron chi connectivity index (χ0n) is 20.7. The van der Waals surface area contributed by atoms with Crippen molar-refractivity contribution >= 4 is 22.8 Å². The lowest BCUT2D eigenvalue weighted by atomic mass is 10.1. The maximum Gasteiger partial charge on any atom is 0.165 e. The van der Waals surface area contributed by atoms with Crippen LogP contribution < -0.4 is 10.2 Å². The van der Waals surface area contributed by atoms with E-state index in [0.29, 0.717) is 6.61 Å². The van der Waals surface area contributed by atoms with E-state index in [4.69, 9.17) is 19.2 Å². The van der Waals surface area contributed by atoms with Gasteiger partial charge in [-0.3, -0.25) is 0 Å². The number of ether oxygens (including phenoxy) is 3. The Labute approximate surface area is 205 Å². The van der Waals surface area contributed by atoms with Gasteiger partial charge < -0.3 is 29.0 Å². The molecule has 186 valence electrons. The van der Waals surface area contributed by atoms with Gasteiger partial charge in [-0.25, -0.2) is 19.9 Å². The van der Waals surface area contributed by atoms with Crippen LogP contribution in [0.25, 0.3) is 11.2 Å². The van der Waals surface area contributed by atoms with Crippen LogP contribution in [0.3, 0.4) is 0 Å². The summed E-state index contributed by atoms with van der Waals surface area (Å²) in [5.74, 6) is 1.43. The Hall–Kier alpha value is -2.82. The summed E-state index contributed by atoms with van der Waals surface area (Å²) in [6.45, 7) is 8.46. The Morgan fingerprint density at radius 3 is 2.80 bits per heavy atom. The molecule has 0 amide bonds. The fourth-order valence-corrected chi connectivity index (χ4v) is 5.83. The number of fused-ring (bicyclic) bond motifs is 2. The van der Waals surface area contributed by atoms with E-state index in [-0.39, 0.29) is 30.2 Å². The van der Waals surface area contributed by atoms with Crippen LogP contribution in [0.1, 0.15) is 38.3 Å². The van der Waals surface area contributed by atoms with Crippen LogP contribution in [0.15, 0.2) is 31.0 Å². The monoisotopic (exact) mass is 479 g/mol. The summed E-state index contributed by atoms with van der Waals surface area (Å²) >= 11 is 0. The zero-order chi connectivity index (χ0) is 24.2. The first-order chi connectivity index (χ1) is 16.9. The Morgan fingerprint density at radius 2 is 2.00 bits per heavy atom. The number of hydrogen-bond donors (Lipinski definition) is 1. The van der Waals surface area contributed by atoms with E-state index in [1.807, 2.05) is 26.4 Å². The topological polar surface area (TPSA) is 99.5 Å². The molecular formula is C25H33N7O3. The van der Waals surface area contributed by atoms with Gasteiger partial charge in [0.2, 0.25) is 0 Å². The van der Waals surface area contributed by atoms with E-state index in [1.54, 1.807) is 13.4 Å². The zero-order valence-corrected chi connectivity index (χ0v) is 20.7. The van der Waals surface area contributed by atoms with Crippen molar-refractivity contribution in [3.63, 3.8) is 0 Å². The van der Waals surface area contributed by atoms with Gasteiger partial charge in [-0.2, -0.15) is 0 Å². The summed E-state index contributed by atoms with van der Waals surface area (Å²) in [5, 5.41) is 3.62. The number of nitrogens with one attached hydrogen (secondary N) is 1. The number of nitrogens with zero attached hydrogens (tertiary/aromatic N) is 6. The minimum absolute atomic E-state index is 0.00770. The molecule has 3 aromatic heterocycles. The first-order valence-corrected chi connectivity index (χ1v) is 12.4. The van der Waals surface area contributed by atoms with Crippen molar-refractivity contribution in [1.29, 1.82) is 0 Å². The molecule has 5 atom stereocenters. The van der Waals surface area contributed by atoms with Crippen LogP contribution in [0, 0.1) is 12.8 Å². The lowest BCUT2D eigenvalue weighted by Gasteiger charge is -2.24. The molecule has 0 bridgehead atoms. The Bertz CT molecular complexity index is 1200. The van der Waals surface area contributed by atoms with Crippen LogP contribution in [0.2, 0.25) is 0 Å². The molecule has 3 fully saturated rings. The fourth-order valence-electron chi connectivity index (χ4n) is 5.83. The molecule has 1 saturated carbocycles. The molecule has 35 heavy (non-hydrogen) atoms. The molecule has 0 spiro atoms. The van der Waals surface area contributed by atoms with Crippen LogP contribution in [-0.2, 0) is 14.2 Å². The van der Waals surface area contributed by atoms with Crippen molar-refractivity contribution in [3.8, 4) is 0 Å². The molecule has 0 aromatic carbocycles. The maximum atomic E-state index is 6.34. The largest absolute Gasteiger partial charge is 0.384 e. The second-order valence-electron chi connectivity index (χ2n) is 10.4. The standard InChI is InChI=1S/C25H33N7O3/c1-15-5-6-19(26-10-15)31-8-7-17(11-31)30-23-20-24(28-13-27-23)32(14-29-20)18-9-16(12-33-4)21-22(18)35-25(2,3)34-21/h5-6,10,13-14,16-18,21-22H,7-9,11-12H2,1-4H3,(H,27,28,30). The minimum atomic E-state index is -0.612. The predicted octanol–water partition coefficient (Wildman–Crippen LogP) is 2.95. The molecule has 2 saturated heterocycles. The van der Waals surface area contributed by atoms with Crippen molar-refractivity contribution < 1.29 is 14.2 Å². The van der Waals surface area contributed by atoms with E-state index in [9.17, 15) is 0 Å². The second-order valence-corrected chi connectivity index (χ2v) is 10.4. The molecule has 1 N–H and O–H groups in total. The SMILES string of the molecule is COCC1CC(n2cnc3c(NC4CCN(c5ccc(C)cn5)C4)ncnc32)C2OC(C)(C)OC12. The van der Waals surface area contributed by atoms with Crippen molar-refractivity contribution in [1.82, 2.24) is 24.5 Å². The summed E-state index contributed by atoms with van der Waals surface area (Å²) < 4.78 is 20.2. The van der Waals surface area contributed by atoms with E-state index in [0.717, 1.165) is 48.7 Å². The Kier molecular flexibility index (Phi) is 5.62. The third kappa shape index (κ3) is 4.13. The first kappa shape index (κ1) is 22.6. The molecular weight excluding hydrogens is 446 g/mol. The molecule has 5 heterocycles. The molecule has 10 heteroatoms. The van der Waals surface area contributed by atoms with Gasteiger partial charge in [0.15, 0.2) is 17.3 Å². The predicted molar refractivity (Wildman–Crippen MR) is 131 cm³/mol. The third-order valence-electron chi connectivity index (χ3n) is 7.40. The summed E-state index contributed by atoms with van der Waals surface area (Å²) in [6.07, 6.45) is 7.22. The average Bonchev–Trinajstić information content (AvgIpc) is 3.59. The Balaban J connectivity index is 1.22. The van der Waals surface area contributed by atoms with Gasteiger partial charge in [-0.05, 0) is 45.2 Å². The van der Waals surface area contributed by atoms with Gasteiger partial charge in [0.05, 0.1) is 25.1 Å². The van der Waals surface area contributed by atoms with Crippen molar-refractivity contribution in [2.45, 2.75) is 63.7 Å². The number of imidazole rings is 1. The third-order valence-corrected chi connectivity index (χ3v) is 7.40. The van der Waals surface area contributed by atoms with Crippen molar-refractivity contribution in [2.24, 2.45) is 5.92 Å². The van der Waals surface area contributed by atoms with Gasteiger partial charge in [0.25, 0.3) is 0 Å². The number of aryl methyl sites for hydroxylation is 1. The van der Waals surface area contributed by atoms with Gasteiger partial charge in [0, 0.05) is 38.4 Å². The molecule has 0 radical (unpaired) electrons. The lowest BCUT2D eigenvalue weighted by molar-refractivity contribution is -0.162. The molecule has 1 aliphatic carbocycles. The second kappa shape index (κ2) is 8.69. The molecule has 5 unspecified atom stereocenters. The van der Waals surface area contributed by atoms with E-state index in [2.05, 4.69) is 48.8 Å². The highest BCUT2D eigenvalue weighted by molar-refractivity contribution is 5.83. The van der Waals surface area contributed by atoms with Crippen molar-refractivity contribution in [3.05, 3.63) is 36.5 Å². The van der Waals surface area contributed by atoms with E-state index < -0.39 is 5.79 Å². The number of anilines is 2. The normalized spacial score (nSPS) is 29.7. The van der Waals surface area contributed by atoms with E-state index >= 15 is 0 Å². The highest BCUT2D eigenvalue weighted by Gasteiger charge is 2.54. The smallest absolute Gasteiger partial charge is 0.165 e. The summed E-state index contributed by atoms with van der Waals surface area (Å²) in [4.78, 5) is 20.8. The summed E-state index contributed by atoms with van der Waals surface area (Å²) in [6, 6.07) is 4.53. The van der Waals surface area contributed by atoms with Crippen LogP contribution >= 0.6 is 0 Å². The average molecular weight is 480 g/mol. The molecule has 3 aliphatic rings. The molecule has 10 nitrogen and oxygen atoms in total. The van der Waals surface area contributed by atoms with Crippen LogP contribution in [0.4, 0.5) is 11.6 Å².